The second-order valence-electron chi connectivity index (χ2n) is 4.07. The van der Waals surface area contributed by atoms with Gasteiger partial charge in [0, 0.05) is 13.2 Å². The Morgan fingerprint density at radius 3 is 3.18 bits per heavy atom. The molecule has 0 radical (unpaired) electrons. The van der Waals surface area contributed by atoms with Crippen LogP contribution in [0.15, 0.2) is 24.3 Å². The number of hydrogen-bond donors (Lipinski definition) is 1. The van der Waals surface area contributed by atoms with E-state index in [4.69, 9.17) is 9.47 Å². The summed E-state index contributed by atoms with van der Waals surface area (Å²) in [5.74, 6) is 0.777. The number of carbonyl (C=O) groups is 1. The highest BCUT2D eigenvalue weighted by molar-refractivity contribution is 5.80. The van der Waals surface area contributed by atoms with Crippen molar-refractivity contribution in [2.24, 2.45) is 0 Å². The molecule has 0 bridgehead atoms. The normalized spacial score (nSPS) is 19.0. The summed E-state index contributed by atoms with van der Waals surface area (Å²) in [5, 5.41) is 2.87. The Kier molecular flexibility index (Phi) is 3.98. The molecule has 0 saturated carbocycles. The number of carbonyl (C=O) groups excluding carboxylic acids is 1. The Labute approximate surface area is 101 Å². The predicted molar refractivity (Wildman–Crippen MR) is 63.8 cm³/mol. The van der Waals surface area contributed by atoms with E-state index in [1.807, 2.05) is 24.3 Å². The molecule has 1 heterocycles. The van der Waals surface area contributed by atoms with Crippen LogP contribution in [0.2, 0.25) is 0 Å². The van der Waals surface area contributed by atoms with E-state index in [9.17, 15) is 4.79 Å². The lowest BCUT2D eigenvalue weighted by Gasteiger charge is -2.10. The molecule has 0 spiro atoms. The topological polar surface area (TPSA) is 47.6 Å². The summed E-state index contributed by atoms with van der Waals surface area (Å²) in [5.41, 5.74) is 1.02. The number of amides is 1. The van der Waals surface area contributed by atoms with Gasteiger partial charge in [-0.05, 0) is 30.5 Å². The third kappa shape index (κ3) is 3.20. The fourth-order valence-corrected chi connectivity index (χ4v) is 1.87. The average molecular weight is 235 g/mol. The lowest BCUT2D eigenvalue weighted by Crippen LogP contribution is -2.33. The van der Waals surface area contributed by atoms with E-state index in [-0.39, 0.29) is 12.0 Å². The molecule has 2 rings (SSSR count). The molecule has 1 amide bonds. The van der Waals surface area contributed by atoms with E-state index < -0.39 is 0 Å². The molecule has 1 aromatic rings. The van der Waals surface area contributed by atoms with Gasteiger partial charge in [0.25, 0.3) is 0 Å². The second-order valence-corrected chi connectivity index (χ2v) is 4.07. The maximum absolute atomic E-state index is 11.7. The molecule has 1 aliphatic rings. The van der Waals surface area contributed by atoms with Gasteiger partial charge < -0.3 is 14.8 Å². The van der Waals surface area contributed by atoms with E-state index in [0.29, 0.717) is 13.2 Å². The Morgan fingerprint density at radius 1 is 1.59 bits per heavy atom. The van der Waals surface area contributed by atoms with Crippen molar-refractivity contribution in [3.05, 3.63) is 29.8 Å². The van der Waals surface area contributed by atoms with E-state index in [2.05, 4.69) is 5.32 Å². The summed E-state index contributed by atoms with van der Waals surface area (Å²) in [4.78, 5) is 11.7. The first-order valence-electron chi connectivity index (χ1n) is 5.82. The molecule has 4 heteroatoms. The number of rotatable bonds is 4. The molecule has 1 aromatic carbocycles. The first kappa shape index (κ1) is 11.9. The molecule has 92 valence electrons. The summed E-state index contributed by atoms with van der Waals surface area (Å²) in [6.07, 6.45) is 1.53. The zero-order chi connectivity index (χ0) is 12.1. The summed E-state index contributed by atoms with van der Waals surface area (Å²) in [7, 11) is 1.63. The predicted octanol–water partition coefficient (Wildman–Crippen LogP) is 1.49. The molecule has 0 aromatic heterocycles. The molecule has 1 saturated heterocycles. The smallest absolute Gasteiger partial charge is 0.249 e. The van der Waals surface area contributed by atoms with Gasteiger partial charge in [-0.1, -0.05) is 12.1 Å². The van der Waals surface area contributed by atoms with Crippen molar-refractivity contribution in [1.29, 1.82) is 0 Å². The van der Waals surface area contributed by atoms with Gasteiger partial charge in [-0.15, -0.1) is 0 Å². The van der Waals surface area contributed by atoms with Crippen molar-refractivity contribution in [2.75, 3.05) is 13.7 Å². The molecule has 1 fully saturated rings. The van der Waals surface area contributed by atoms with Crippen molar-refractivity contribution in [1.82, 2.24) is 5.32 Å². The minimum atomic E-state index is -0.263. The Morgan fingerprint density at radius 2 is 2.47 bits per heavy atom. The minimum absolute atomic E-state index is 0.0229. The summed E-state index contributed by atoms with van der Waals surface area (Å²) in [6.45, 7) is 1.20. The highest BCUT2D eigenvalue weighted by atomic mass is 16.5. The van der Waals surface area contributed by atoms with Gasteiger partial charge in [0.05, 0.1) is 7.11 Å². The van der Waals surface area contributed by atoms with E-state index in [1.54, 1.807) is 7.11 Å². The van der Waals surface area contributed by atoms with Crippen LogP contribution >= 0.6 is 0 Å². The SMILES string of the molecule is COc1cccc(CNC(=O)[C@H]2CCCO2)c1. The monoisotopic (exact) mass is 235 g/mol. The fourth-order valence-electron chi connectivity index (χ4n) is 1.87. The maximum Gasteiger partial charge on any atom is 0.249 e. The first-order chi connectivity index (χ1) is 8.29. The lowest BCUT2D eigenvalue weighted by molar-refractivity contribution is -0.130. The van der Waals surface area contributed by atoms with Crippen LogP contribution < -0.4 is 10.1 Å². The van der Waals surface area contributed by atoms with Crippen molar-refractivity contribution in [3.8, 4) is 5.75 Å². The van der Waals surface area contributed by atoms with Crippen LogP contribution in [0.25, 0.3) is 0 Å². The van der Waals surface area contributed by atoms with Crippen molar-refractivity contribution in [3.63, 3.8) is 0 Å². The minimum Gasteiger partial charge on any atom is -0.497 e. The van der Waals surface area contributed by atoms with Gasteiger partial charge in [-0.3, -0.25) is 4.79 Å². The van der Waals surface area contributed by atoms with E-state index in [0.717, 1.165) is 24.2 Å². The Bertz CT molecular complexity index is 386. The molecule has 17 heavy (non-hydrogen) atoms. The molecule has 1 aliphatic heterocycles. The number of hydrogen-bond acceptors (Lipinski definition) is 3. The standard InChI is InChI=1S/C13H17NO3/c1-16-11-5-2-4-10(8-11)9-14-13(15)12-6-3-7-17-12/h2,4-5,8,12H,3,6-7,9H2,1H3,(H,14,15)/t12-/m1/s1. The third-order valence-electron chi connectivity index (χ3n) is 2.82. The van der Waals surface area contributed by atoms with Crippen molar-refractivity contribution < 1.29 is 14.3 Å². The maximum atomic E-state index is 11.7. The molecule has 4 nitrogen and oxygen atoms in total. The van der Waals surface area contributed by atoms with Gasteiger partial charge in [-0.2, -0.15) is 0 Å². The quantitative estimate of drug-likeness (QED) is 0.860. The Balaban J connectivity index is 1.86. The van der Waals surface area contributed by atoms with Crippen molar-refractivity contribution in [2.45, 2.75) is 25.5 Å². The van der Waals surface area contributed by atoms with Crippen LogP contribution in [0.1, 0.15) is 18.4 Å². The summed E-state index contributed by atoms with van der Waals surface area (Å²) < 4.78 is 10.4. The third-order valence-corrected chi connectivity index (χ3v) is 2.82. The number of nitrogens with one attached hydrogen (secondary N) is 1. The average Bonchev–Trinajstić information content (AvgIpc) is 2.90. The summed E-state index contributed by atoms with van der Waals surface area (Å²) >= 11 is 0. The first-order valence-corrected chi connectivity index (χ1v) is 5.82. The highest BCUT2D eigenvalue weighted by Gasteiger charge is 2.22. The zero-order valence-electron chi connectivity index (χ0n) is 9.94. The molecular weight excluding hydrogens is 218 g/mol. The highest BCUT2D eigenvalue weighted by Crippen LogP contribution is 2.14. The van der Waals surface area contributed by atoms with Crippen LogP contribution in [0.4, 0.5) is 0 Å². The second kappa shape index (κ2) is 5.68. The number of ether oxygens (including phenoxy) is 2. The number of methoxy groups -OCH3 is 1. The number of benzene rings is 1. The lowest BCUT2D eigenvalue weighted by atomic mass is 10.2. The van der Waals surface area contributed by atoms with E-state index in [1.165, 1.54) is 0 Å². The van der Waals surface area contributed by atoms with Gasteiger partial charge in [0.1, 0.15) is 11.9 Å². The largest absolute Gasteiger partial charge is 0.497 e. The van der Waals surface area contributed by atoms with Gasteiger partial charge >= 0.3 is 0 Å². The van der Waals surface area contributed by atoms with Crippen LogP contribution in [-0.4, -0.2) is 25.7 Å². The fraction of sp³-hybridized carbons (Fsp3) is 0.462. The van der Waals surface area contributed by atoms with Gasteiger partial charge in [0.2, 0.25) is 5.91 Å². The van der Waals surface area contributed by atoms with Crippen LogP contribution in [0.5, 0.6) is 5.75 Å². The van der Waals surface area contributed by atoms with Gasteiger partial charge in [0.15, 0.2) is 0 Å². The van der Waals surface area contributed by atoms with Crippen LogP contribution in [-0.2, 0) is 16.1 Å². The zero-order valence-corrected chi connectivity index (χ0v) is 9.94. The molecule has 1 N–H and O–H groups in total. The van der Waals surface area contributed by atoms with Crippen molar-refractivity contribution >= 4 is 5.91 Å². The van der Waals surface area contributed by atoms with Crippen LogP contribution in [0.3, 0.4) is 0 Å². The molecule has 0 unspecified atom stereocenters. The van der Waals surface area contributed by atoms with E-state index >= 15 is 0 Å². The molecule has 0 aliphatic carbocycles. The van der Waals surface area contributed by atoms with Gasteiger partial charge in [-0.25, -0.2) is 0 Å². The molecule has 1 atom stereocenters. The van der Waals surface area contributed by atoms with Crippen LogP contribution in [0, 0.1) is 0 Å². The Hall–Kier alpha value is -1.55. The molecular formula is C13H17NO3. The summed E-state index contributed by atoms with van der Waals surface area (Å²) in [6, 6.07) is 7.66.